The summed E-state index contributed by atoms with van der Waals surface area (Å²) in [7, 11) is 0. The highest BCUT2D eigenvalue weighted by atomic mass is 19.1. The monoisotopic (exact) mass is 441 g/mol. The molecule has 0 radical (unpaired) electrons. The predicted molar refractivity (Wildman–Crippen MR) is 120 cm³/mol. The third-order valence-corrected chi connectivity index (χ3v) is 5.91. The fourth-order valence-corrected chi connectivity index (χ4v) is 4.03. The number of anilines is 1. The van der Waals surface area contributed by atoms with Crippen LogP contribution in [0.4, 0.5) is 10.2 Å². The average molecular weight is 441 g/mol. The van der Waals surface area contributed by atoms with Gasteiger partial charge in [0.05, 0.1) is 23.7 Å². The highest BCUT2D eigenvalue weighted by Crippen LogP contribution is 2.34. The Morgan fingerprint density at radius 1 is 1.09 bits per heavy atom. The van der Waals surface area contributed by atoms with Crippen LogP contribution in [0.25, 0.3) is 34.0 Å². The number of piperidine rings is 1. The van der Waals surface area contributed by atoms with Gasteiger partial charge in [-0.25, -0.2) is 14.4 Å². The topological polar surface area (TPSA) is 127 Å². The lowest BCUT2D eigenvalue weighted by Gasteiger charge is -2.30. The van der Waals surface area contributed by atoms with Crippen molar-refractivity contribution in [3.63, 3.8) is 0 Å². The summed E-state index contributed by atoms with van der Waals surface area (Å²) in [5.74, 6) is 0.0381. The van der Waals surface area contributed by atoms with Gasteiger partial charge in [0.2, 0.25) is 0 Å². The minimum absolute atomic E-state index is 0.163. The molecule has 1 saturated heterocycles. The van der Waals surface area contributed by atoms with E-state index in [2.05, 4.69) is 31.5 Å². The van der Waals surface area contributed by atoms with Gasteiger partial charge >= 0.3 is 0 Å². The average Bonchev–Trinajstić information content (AvgIpc) is 3.35. The van der Waals surface area contributed by atoms with Gasteiger partial charge in [0.1, 0.15) is 16.9 Å². The summed E-state index contributed by atoms with van der Waals surface area (Å²) in [4.78, 5) is 13.4. The molecule has 4 aromatic rings. The van der Waals surface area contributed by atoms with Crippen molar-refractivity contribution in [1.29, 1.82) is 5.26 Å². The van der Waals surface area contributed by atoms with Crippen molar-refractivity contribution in [3.8, 4) is 40.0 Å². The third kappa shape index (κ3) is 3.81. The Morgan fingerprint density at radius 2 is 1.91 bits per heavy atom. The number of halogens is 1. The van der Waals surface area contributed by atoms with Crippen molar-refractivity contribution in [2.24, 2.45) is 0 Å². The molecule has 3 N–H and O–H groups in total. The molecule has 0 aliphatic carbocycles. The van der Waals surface area contributed by atoms with Crippen LogP contribution in [-0.4, -0.2) is 33.2 Å². The van der Waals surface area contributed by atoms with Crippen LogP contribution in [0.15, 0.2) is 59.4 Å². The van der Waals surface area contributed by atoms with Crippen LogP contribution in [0.2, 0.25) is 0 Å². The number of benzene rings is 1. The van der Waals surface area contributed by atoms with Crippen molar-refractivity contribution in [3.05, 3.63) is 66.4 Å². The molecule has 1 fully saturated rings. The minimum atomic E-state index is -0.634. The molecule has 9 heteroatoms. The molecule has 0 unspecified atom stereocenters. The maximum Gasteiger partial charge on any atom is 0.189 e. The van der Waals surface area contributed by atoms with Gasteiger partial charge in [0, 0.05) is 23.4 Å². The first kappa shape index (κ1) is 20.7. The number of nitrogens with two attached hydrogens (primary N) is 1. The molecule has 5 rings (SSSR count). The largest absolute Gasteiger partial charge is 0.382 e. The van der Waals surface area contributed by atoms with Crippen LogP contribution < -0.4 is 11.1 Å². The summed E-state index contributed by atoms with van der Waals surface area (Å²) in [6, 6.07) is 14.0. The smallest absolute Gasteiger partial charge is 0.189 e. The van der Waals surface area contributed by atoms with Crippen LogP contribution in [0.1, 0.15) is 18.5 Å². The molecule has 3 aromatic heterocycles. The molecule has 8 nitrogen and oxygen atoms in total. The van der Waals surface area contributed by atoms with Crippen LogP contribution in [-0.2, 0) is 5.41 Å². The summed E-state index contributed by atoms with van der Waals surface area (Å²) >= 11 is 0. The van der Waals surface area contributed by atoms with Gasteiger partial charge in [-0.1, -0.05) is 17.3 Å². The Labute approximate surface area is 189 Å². The maximum atomic E-state index is 14.1. The van der Waals surface area contributed by atoms with E-state index in [-0.39, 0.29) is 11.6 Å². The zero-order valence-electron chi connectivity index (χ0n) is 17.6. The lowest BCUT2D eigenvalue weighted by atomic mass is 9.77. The zero-order valence-corrected chi connectivity index (χ0v) is 17.6. The molecule has 1 aliphatic rings. The summed E-state index contributed by atoms with van der Waals surface area (Å²) in [6.07, 6.45) is 4.62. The standard InChI is InChI=1S/C24H20FN7O/c25-17-4-2-1-3-16(17)18-12-20(33-32-18)22-23(27)30-13-19(31-22)15-5-8-29-21(11-15)24(14-26)6-9-28-10-7-24/h1-5,8,11-13,28H,6-7,9-10H2,(H2,27,30). The van der Waals surface area contributed by atoms with E-state index in [1.807, 2.05) is 12.1 Å². The van der Waals surface area contributed by atoms with Gasteiger partial charge < -0.3 is 15.6 Å². The number of aromatic nitrogens is 4. The van der Waals surface area contributed by atoms with Crippen molar-refractivity contribution in [2.75, 3.05) is 18.8 Å². The van der Waals surface area contributed by atoms with Gasteiger partial charge in [0.15, 0.2) is 17.3 Å². The molecular weight excluding hydrogens is 421 g/mol. The van der Waals surface area contributed by atoms with Crippen LogP contribution in [0, 0.1) is 17.1 Å². The molecule has 0 saturated carbocycles. The molecule has 1 aromatic carbocycles. The first-order valence-electron chi connectivity index (χ1n) is 10.5. The zero-order chi connectivity index (χ0) is 22.8. The van der Waals surface area contributed by atoms with E-state index in [0.717, 1.165) is 18.7 Å². The van der Waals surface area contributed by atoms with Crippen LogP contribution in [0.3, 0.4) is 0 Å². The van der Waals surface area contributed by atoms with E-state index in [1.165, 1.54) is 6.07 Å². The second-order valence-corrected chi connectivity index (χ2v) is 7.92. The molecular formula is C24H20FN7O. The molecule has 1 aliphatic heterocycles. The Balaban J connectivity index is 1.52. The Kier molecular flexibility index (Phi) is 5.28. The number of nitrogens with zero attached hydrogens (tertiary/aromatic N) is 5. The van der Waals surface area contributed by atoms with E-state index in [0.29, 0.717) is 41.2 Å². The number of nitrogen functional groups attached to an aromatic ring is 1. The number of nitriles is 1. The lowest BCUT2D eigenvalue weighted by molar-refractivity contribution is 0.375. The minimum Gasteiger partial charge on any atom is -0.382 e. The Morgan fingerprint density at radius 3 is 2.70 bits per heavy atom. The molecule has 164 valence electrons. The van der Waals surface area contributed by atoms with Gasteiger partial charge in [-0.3, -0.25) is 4.98 Å². The number of rotatable bonds is 4. The summed E-state index contributed by atoms with van der Waals surface area (Å²) in [6.45, 7) is 1.53. The fraction of sp³-hybridized carbons (Fsp3) is 0.208. The molecule has 0 bridgehead atoms. The van der Waals surface area contributed by atoms with E-state index >= 15 is 0 Å². The molecule has 0 spiro atoms. The molecule has 0 atom stereocenters. The van der Waals surface area contributed by atoms with Crippen molar-refractivity contribution >= 4 is 5.82 Å². The van der Waals surface area contributed by atoms with Crippen LogP contribution >= 0.6 is 0 Å². The van der Waals surface area contributed by atoms with Crippen molar-refractivity contribution in [1.82, 2.24) is 25.4 Å². The Bertz CT molecular complexity index is 1350. The Hall–Kier alpha value is -4.16. The van der Waals surface area contributed by atoms with Gasteiger partial charge in [0.25, 0.3) is 0 Å². The first-order chi connectivity index (χ1) is 16.1. The quantitative estimate of drug-likeness (QED) is 0.491. The first-order valence-corrected chi connectivity index (χ1v) is 10.5. The number of hydrogen-bond donors (Lipinski definition) is 2. The highest BCUT2D eigenvalue weighted by molar-refractivity contribution is 5.73. The number of nitrogens with one attached hydrogen (secondary N) is 1. The van der Waals surface area contributed by atoms with E-state index in [4.69, 9.17) is 10.3 Å². The SMILES string of the molecule is N#CC1(c2cc(-c3cnc(N)c(-c4cc(-c5ccccc5F)no4)n3)ccn2)CCNCC1. The van der Waals surface area contributed by atoms with Gasteiger partial charge in [-0.15, -0.1) is 0 Å². The summed E-state index contributed by atoms with van der Waals surface area (Å²) in [5.41, 5.74) is 8.42. The van der Waals surface area contributed by atoms with Crippen LogP contribution in [0.5, 0.6) is 0 Å². The number of hydrogen-bond acceptors (Lipinski definition) is 8. The second-order valence-electron chi connectivity index (χ2n) is 7.92. The van der Waals surface area contributed by atoms with Gasteiger partial charge in [-0.2, -0.15) is 5.26 Å². The molecule has 4 heterocycles. The fourth-order valence-electron chi connectivity index (χ4n) is 4.03. The maximum absolute atomic E-state index is 14.1. The molecule has 0 amide bonds. The van der Waals surface area contributed by atoms with Gasteiger partial charge in [-0.05, 0) is 50.2 Å². The lowest BCUT2D eigenvalue weighted by Crippen LogP contribution is -2.39. The molecule has 33 heavy (non-hydrogen) atoms. The predicted octanol–water partition coefficient (Wildman–Crippen LogP) is 3.73. The van der Waals surface area contributed by atoms with E-state index in [1.54, 1.807) is 36.7 Å². The number of pyridine rings is 1. The van der Waals surface area contributed by atoms with Crippen molar-refractivity contribution in [2.45, 2.75) is 18.3 Å². The normalized spacial score (nSPS) is 15.2. The highest BCUT2D eigenvalue weighted by Gasteiger charge is 2.35. The summed E-state index contributed by atoms with van der Waals surface area (Å²) < 4.78 is 19.6. The van der Waals surface area contributed by atoms with E-state index in [9.17, 15) is 9.65 Å². The van der Waals surface area contributed by atoms with E-state index < -0.39 is 11.2 Å². The summed E-state index contributed by atoms with van der Waals surface area (Å²) in [5, 5.41) is 17.1. The third-order valence-electron chi connectivity index (χ3n) is 5.91. The second kappa shape index (κ2) is 8.41. The van der Waals surface area contributed by atoms with Crippen molar-refractivity contribution < 1.29 is 8.91 Å².